The van der Waals surface area contributed by atoms with Crippen LogP contribution < -0.4 is 10.1 Å². The smallest absolute Gasteiger partial charge is 0.127 e. The molecule has 2 aromatic rings. The van der Waals surface area contributed by atoms with Crippen LogP contribution in [0.2, 0.25) is 0 Å². The van der Waals surface area contributed by atoms with E-state index in [1.54, 1.807) is 0 Å². The molecule has 1 aromatic heterocycles. The van der Waals surface area contributed by atoms with E-state index in [9.17, 15) is 0 Å². The molecule has 1 aliphatic heterocycles. The van der Waals surface area contributed by atoms with Gasteiger partial charge in [0.1, 0.15) is 5.75 Å². The summed E-state index contributed by atoms with van der Waals surface area (Å²) in [4.78, 5) is 4.52. The van der Waals surface area contributed by atoms with Crippen LogP contribution in [0.25, 0.3) is 0 Å². The van der Waals surface area contributed by atoms with Gasteiger partial charge in [0, 0.05) is 18.2 Å². The fourth-order valence-electron chi connectivity index (χ4n) is 2.68. The zero-order valence-corrected chi connectivity index (χ0v) is 11.8. The molecular weight excluding hydrogens is 248 g/mol. The van der Waals surface area contributed by atoms with Gasteiger partial charge in [0.15, 0.2) is 0 Å². The van der Waals surface area contributed by atoms with Crippen molar-refractivity contribution in [2.75, 3.05) is 13.2 Å². The standard InChI is InChI=1S/C17H20N2O/c1-2-10-19-16(15-8-3-4-11-18-15)14-7-5-6-13-9-12-20-17(13)14/h3-8,11,16,19H,2,9-10,12H2,1H3. The Morgan fingerprint density at radius 3 is 3.00 bits per heavy atom. The molecule has 0 amide bonds. The summed E-state index contributed by atoms with van der Waals surface area (Å²) in [5.41, 5.74) is 3.55. The van der Waals surface area contributed by atoms with Crippen LogP contribution >= 0.6 is 0 Å². The maximum atomic E-state index is 5.84. The lowest BCUT2D eigenvalue weighted by Gasteiger charge is -2.20. The molecule has 20 heavy (non-hydrogen) atoms. The topological polar surface area (TPSA) is 34.2 Å². The lowest BCUT2D eigenvalue weighted by Crippen LogP contribution is -2.24. The number of nitrogens with zero attached hydrogens (tertiary/aromatic N) is 1. The first-order valence-corrected chi connectivity index (χ1v) is 7.29. The normalized spacial score (nSPS) is 14.7. The number of para-hydroxylation sites is 1. The van der Waals surface area contributed by atoms with Gasteiger partial charge in [0.25, 0.3) is 0 Å². The van der Waals surface area contributed by atoms with Crippen molar-refractivity contribution in [2.45, 2.75) is 25.8 Å². The van der Waals surface area contributed by atoms with Gasteiger partial charge in [-0.25, -0.2) is 0 Å². The second-order valence-corrected chi connectivity index (χ2v) is 5.08. The Balaban J connectivity index is 2.00. The van der Waals surface area contributed by atoms with E-state index in [2.05, 4.69) is 41.5 Å². The molecular formula is C17H20N2O. The van der Waals surface area contributed by atoms with Crippen LogP contribution in [0.3, 0.4) is 0 Å². The average molecular weight is 268 g/mol. The van der Waals surface area contributed by atoms with Gasteiger partial charge in [-0.3, -0.25) is 4.98 Å². The van der Waals surface area contributed by atoms with E-state index in [1.807, 2.05) is 18.3 Å². The van der Waals surface area contributed by atoms with Crippen molar-refractivity contribution in [1.82, 2.24) is 10.3 Å². The van der Waals surface area contributed by atoms with Gasteiger partial charge >= 0.3 is 0 Å². The number of hydrogen-bond donors (Lipinski definition) is 1. The van der Waals surface area contributed by atoms with Crippen molar-refractivity contribution in [3.63, 3.8) is 0 Å². The summed E-state index contributed by atoms with van der Waals surface area (Å²) in [5, 5.41) is 3.59. The molecule has 0 radical (unpaired) electrons. The van der Waals surface area contributed by atoms with Crippen molar-refractivity contribution in [2.24, 2.45) is 0 Å². The third-order valence-corrected chi connectivity index (χ3v) is 3.64. The molecule has 3 rings (SSSR count). The molecule has 0 fully saturated rings. The molecule has 1 unspecified atom stereocenters. The highest BCUT2D eigenvalue weighted by molar-refractivity contribution is 5.47. The summed E-state index contributed by atoms with van der Waals surface area (Å²) in [6, 6.07) is 12.6. The number of benzene rings is 1. The second-order valence-electron chi connectivity index (χ2n) is 5.08. The lowest BCUT2D eigenvalue weighted by molar-refractivity contribution is 0.350. The summed E-state index contributed by atoms with van der Waals surface area (Å²) < 4.78 is 5.84. The Kier molecular flexibility index (Phi) is 3.97. The third-order valence-electron chi connectivity index (χ3n) is 3.64. The third kappa shape index (κ3) is 2.54. The average Bonchev–Trinajstić information content (AvgIpc) is 2.98. The number of pyridine rings is 1. The Hall–Kier alpha value is -1.87. The molecule has 1 N–H and O–H groups in total. The first-order valence-electron chi connectivity index (χ1n) is 7.29. The molecule has 2 heterocycles. The van der Waals surface area contributed by atoms with E-state index < -0.39 is 0 Å². The molecule has 0 spiro atoms. The van der Waals surface area contributed by atoms with E-state index in [0.717, 1.165) is 37.4 Å². The van der Waals surface area contributed by atoms with Crippen LogP contribution in [-0.2, 0) is 6.42 Å². The lowest BCUT2D eigenvalue weighted by atomic mass is 9.99. The minimum Gasteiger partial charge on any atom is -0.493 e. The van der Waals surface area contributed by atoms with E-state index in [-0.39, 0.29) is 6.04 Å². The first-order chi connectivity index (χ1) is 9.90. The van der Waals surface area contributed by atoms with Gasteiger partial charge in [-0.1, -0.05) is 31.2 Å². The van der Waals surface area contributed by atoms with Gasteiger partial charge in [-0.2, -0.15) is 0 Å². The minimum atomic E-state index is 0.101. The zero-order valence-electron chi connectivity index (χ0n) is 11.8. The molecule has 0 saturated carbocycles. The summed E-state index contributed by atoms with van der Waals surface area (Å²) >= 11 is 0. The zero-order chi connectivity index (χ0) is 13.8. The number of hydrogen-bond acceptors (Lipinski definition) is 3. The Morgan fingerprint density at radius 2 is 2.20 bits per heavy atom. The van der Waals surface area contributed by atoms with Crippen LogP contribution in [0, 0.1) is 0 Å². The quantitative estimate of drug-likeness (QED) is 0.904. The highest BCUT2D eigenvalue weighted by atomic mass is 16.5. The predicted octanol–water partition coefficient (Wildman–Crippen LogP) is 3.11. The Labute approximate surface area is 120 Å². The van der Waals surface area contributed by atoms with Gasteiger partial charge in [0.05, 0.1) is 18.3 Å². The van der Waals surface area contributed by atoms with Gasteiger partial charge in [-0.15, -0.1) is 0 Å². The summed E-state index contributed by atoms with van der Waals surface area (Å²) in [6.45, 7) is 3.92. The number of rotatable bonds is 5. The van der Waals surface area contributed by atoms with Crippen LogP contribution in [0.15, 0.2) is 42.6 Å². The number of fused-ring (bicyclic) bond motifs is 1. The molecule has 0 saturated heterocycles. The SMILES string of the molecule is CCCNC(c1ccccn1)c1cccc2c1OCC2. The molecule has 0 bridgehead atoms. The van der Waals surface area contributed by atoms with Crippen molar-refractivity contribution in [1.29, 1.82) is 0 Å². The number of aromatic nitrogens is 1. The molecule has 0 aliphatic carbocycles. The molecule has 1 aromatic carbocycles. The van der Waals surface area contributed by atoms with Gasteiger partial charge in [0.2, 0.25) is 0 Å². The van der Waals surface area contributed by atoms with E-state index in [1.165, 1.54) is 11.1 Å². The maximum absolute atomic E-state index is 5.84. The summed E-state index contributed by atoms with van der Waals surface area (Å²) in [5.74, 6) is 1.05. The molecule has 1 atom stereocenters. The van der Waals surface area contributed by atoms with Crippen LogP contribution in [0.5, 0.6) is 5.75 Å². The van der Waals surface area contributed by atoms with Crippen molar-refractivity contribution >= 4 is 0 Å². The number of ether oxygens (including phenoxy) is 1. The van der Waals surface area contributed by atoms with Gasteiger partial charge < -0.3 is 10.1 Å². The monoisotopic (exact) mass is 268 g/mol. The first kappa shape index (κ1) is 13.1. The highest BCUT2D eigenvalue weighted by Gasteiger charge is 2.23. The molecule has 104 valence electrons. The van der Waals surface area contributed by atoms with E-state index in [0.29, 0.717) is 0 Å². The van der Waals surface area contributed by atoms with Crippen molar-refractivity contribution in [3.8, 4) is 5.75 Å². The predicted molar refractivity (Wildman–Crippen MR) is 80.0 cm³/mol. The van der Waals surface area contributed by atoms with Crippen molar-refractivity contribution < 1.29 is 4.74 Å². The van der Waals surface area contributed by atoms with Crippen molar-refractivity contribution in [3.05, 3.63) is 59.4 Å². The second kappa shape index (κ2) is 6.06. The largest absolute Gasteiger partial charge is 0.493 e. The Morgan fingerprint density at radius 1 is 1.25 bits per heavy atom. The molecule has 3 heteroatoms. The van der Waals surface area contributed by atoms with Crippen LogP contribution in [-0.4, -0.2) is 18.1 Å². The highest BCUT2D eigenvalue weighted by Crippen LogP contribution is 2.35. The van der Waals surface area contributed by atoms with E-state index in [4.69, 9.17) is 4.74 Å². The molecule has 3 nitrogen and oxygen atoms in total. The fraction of sp³-hybridized carbons (Fsp3) is 0.353. The molecule has 1 aliphatic rings. The Bertz CT molecular complexity index is 568. The van der Waals surface area contributed by atoms with Crippen LogP contribution in [0.1, 0.15) is 36.2 Å². The maximum Gasteiger partial charge on any atom is 0.127 e. The van der Waals surface area contributed by atoms with E-state index >= 15 is 0 Å². The fourth-order valence-corrected chi connectivity index (χ4v) is 2.68. The summed E-state index contributed by atoms with van der Waals surface area (Å²) in [6.07, 6.45) is 3.95. The minimum absolute atomic E-state index is 0.101. The van der Waals surface area contributed by atoms with Gasteiger partial charge in [-0.05, 0) is 30.7 Å². The number of nitrogens with one attached hydrogen (secondary N) is 1. The summed E-state index contributed by atoms with van der Waals surface area (Å²) in [7, 11) is 0. The van der Waals surface area contributed by atoms with Crippen LogP contribution in [0.4, 0.5) is 0 Å².